The number of rotatable bonds is 4. The van der Waals surface area contributed by atoms with E-state index in [0.717, 1.165) is 4.47 Å². The summed E-state index contributed by atoms with van der Waals surface area (Å²) in [6, 6.07) is 14.0. The van der Waals surface area contributed by atoms with Crippen LogP contribution in [0.4, 0.5) is 5.69 Å². The monoisotopic (exact) mass is 514 g/mol. The highest BCUT2D eigenvalue weighted by Crippen LogP contribution is 2.43. The Kier molecular flexibility index (Phi) is 5.92. The number of amides is 1. The first-order valence-corrected chi connectivity index (χ1v) is 12.6. The Bertz CT molecular complexity index is 1080. The molecule has 0 N–H and O–H groups in total. The Morgan fingerprint density at radius 2 is 2.00 bits per heavy atom. The molecule has 0 bridgehead atoms. The summed E-state index contributed by atoms with van der Waals surface area (Å²) in [4.78, 5) is 18.4. The van der Waals surface area contributed by atoms with Gasteiger partial charge in [0.1, 0.15) is 5.75 Å². The number of thioether (sulfide) groups is 1. The van der Waals surface area contributed by atoms with Crippen molar-refractivity contribution in [3.05, 3.63) is 58.0 Å². The smallest absolute Gasteiger partial charge is 0.285 e. The molecule has 0 aromatic heterocycles. The van der Waals surface area contributed by atoms with Crippen molar-refractivity contribution in [2.75, 3.05) is 23.0 Å². The predicted molar refractivity (Wildman–Crippen MR) is 120 cm³/mol. The number of ether oxygens (including phenoxy) is 1. The lowest BCUT2D eigenvalue weighted by Gasteiger charge is -2.25. The summed E-state index contributed by atoms with van der Waals surface area (Å²) in [5, 5.41) is 0.702. The van der Waals surface area contributed by atoms with Crippen LogP contribution < -0.4 is 9.64 Å². The van der Waals surface area contributed by atoms with E-state index in [4.69, 9.17) is 16.3 Å². The van der Waals surface area contributed by atoms with Crippen molar-refractivity contribution in [1.82, 2.24) is 0 Å². The lowest BCUT2D eigenvalue weighted by atomic mass is 10.2. The van der Waals surface area contributed by atoms with Crippen LogP contribution in [0.15, 0.2) is 58.0 Å². The van der Waals surface area contributed by atoms with Crippen molar-refractivity contribution >= 4 is 65.9 Å². The summed E-state index contributed by atoms with van der Waals surface area (Å²) >= 11 is 11.1. The molecule has 0 aliphatic carbocycles. The average Bonchev–Trinajstić information content (AvgIpc) is 3.12. The number of amidine groups is 1. The second-order valence-electron chi connectivity index (χ2n) is 6.66. The van der Waals surface area contributed by atoms with Crippen LogP contribution in [0.5, 0.6) is 5.75 Å². The maximum Gasteiger partial charge on any atom is 0.285 e. The summed E-state index contributed by atoms with van der Waals surface area (Å²) in [7, 11) is -3.15. The fourth-order valence-corrected chi connectivity index (χ4v) is 8.01. The van der Waals surface area contributed by atoms with Crippen molar-refractivity contribution in [2.45, 2.75) is 11.3 Å². The third-order valence-electron chi connectivity index (χ3n) is 4.56. The average molecular weight is 516 g/mol. The molecule has 6 nitrogen and oxygen atoms in total. The zero-order valence-corrected chi connectivity index (χ0v) is 19.0. The van der Waals surface area contributed by atoms with Crippen LogP contribution in [0.1, 0.15) is 0 Å². The fourth-order valence-electron chi connectivity index (χ4n) is 3.32. The minimum Gasteiger partial charge on any atom is -0.484 e. The first-order chi connectivity index (χ1) is 13.8. The van der Waals surface area contributed by atoms with Crippen molar-refractivity contribution in [3.8, 4) is 5.75 Å². The van der Waals surface area contributed by atoms with E-state index in [2.05, 4.69) is 20.9 Å². The number of halogens is 2. The molecule has 2 saturated heterocycles. The van der Waals surface area contributed by atoms with Crippen LogP contribution in [0.2, 0.25) is 5.02 Å². The molecule has 2 aliphatic heterocycles. The Balaban J connectivity index is 1.60. The molecule has 2 fully saturated rings. The van der Waals surface area contributed by atoms with Crippen LogP contribution in [0.25, 0.3) is 0 Å². The predicted octanol–water partition coefficient (Wildman–Crippen LogP) is 3.78. The van der Waals surface area contributed by atoms with E-state index in [1.54, 1.807) is 29.2 Å². The topological polar surface area (TPSA) is 76.0 Å². The Morgan fingerprint density at radius 1 is 1.24 bits per heavy atom. The fraction of sp³-hybridized carbons (Fsp3) is 0.263. The third-order valence-corrected chi connectivity index (χ3v) is 8.57. The summed E-state index contributed by atoms with van der Waals surface area (Å²) in [6.45, 7) is -0.205. The minimum atomic E-state index is -3.15. The van der Waals surface area contributed by atoms with E-state index < -0.39 is 15.7 Å². The first-order valence-electron chi connectivity index (χ1n) is 8.73. The number of hydrogen-bond acceptors (Lipinski definition) is 5. The molecule has 0 radical (unpaired) electrons. The molecule has 29 heavy (non-hydrogen) atoms. The Labute approximate surface area is 186 Å². The minimum absolute atomic E-state index is 0.00475. The lowest BCUT2D eigenvalue weighted by molar-refractivity contribution is -0.119. The molecule has 2 atom stereocenters. The molecule has 152 valence electrons. The Hall–Kier alpha value is -1.55. The van der Waals surface area contributed by atoms with Gasteiger partial charge in [0.15, 0.2) is 21.6 Å². The second-order valence-corrected chi connectivity index (χ2v) is 11.3. The molecule has 0 spiro atoms. The van der Waals surface area contributed by atoms with Gasteiger partial charge in [0, 0.05) is 9.72 Å². The van der Waals surface area contributed by atoms with Gasteiger partial charge in [0.05, 0.1) is 28.3 Å². The standard InChI is InChI=1S/C19H16BrClN2O4S2/c20-12-6-7-15(14(21)8-12)23-16-10-29(25,26)11-17(16)28-19(23)22-18(24)9-27-13-4-2-1-3-5-13/h1-8,16-17H,9-11H2/t16-,17-/m1/s1. The summed E-state index contributed by atoms with van der Waals surface area (Å²) < 4.78 is 30.6. The number of carbonyl (C=O) groups is 1. The number of fused-ring (bicyclic) bond motifs is 1. The number of anilines is 1. The van der Waals surface area contributed by atoms with Gasteiger partial charge in [-0.2, -0.15) is 4.99 Å². The van der Waals surface area contributed by atoms with Gasteiger partial charge < -0.3 is 9.64 Å². The van der Waals surface area contributed by atoms with E-state index in [9.17, 15) is 13.2 Å². The van der Waals surface area contributed by atoms with Gasteiger partial charge in [-0.15, -0.1) is 0 Å². The van der Waals surface area contributed by atoms with E-state index in [1.807, 2.05) is 24.3 Å². The van der Waals surface area contributed by atoms with Crippen LogP contribution in [0.3, 0.4) is 0 Å². The third kappa shape index (κ3) is 4.63. The van der Waals surface area contributed by atoms with Gasteiger partial charge in [0.2, 0.25) is 0 Å². The van der Waals surface area contributed by atoms with Gasteiger partial charge in [0.25, 0.3) is 5.91 Å². The van der Waals surface area contributed by atoms with Crippen LogP contribution >= 0.6 is 39.3 Å². The molecule has 2 aromatic carbocycles. The number of hydrogen-bond donors (Lipinski definition) is 0. The lowest BCUT2D eigenvalue weighted by Crippen LogP contribution is -2.38. The number of aliphatic imine (C=N–C) groups is 1. The maximum absolute atomic E-state index is 12.4. The molecular formula is C19H16BrClN2O4S2. The normalized spacial score (nSPS) is 23.9. The van der Waals surface area contributed by atoms with Crippen LogP contribution in [-0.2, 0) is 14.6 Å². The highest BCUT2D eigenvalue weighted by molar-refractivity contribution is 9.10. The first kappa shape index (κ1) is 20.7. The SMILES string of the molecule is O=C(COc1ccccc1)N=C1S[C@@H]2CS(=O)(=O)C[C@H]2N1c1ccc(Br)cc1Cl. The highest BCUT2D eigenvalue weighted by Gasteiger charge is 2.49. The summed E-state index contributed by atoms with van der Waals surface area (Å²) in [5.74, 6) is 0.194. The van der Waals surface area contributed by atoms with Crippen molar-refractivity contribution < 1.29 is 17.9 Å². The molecule has 0 unspecified atom stereocenters. The molecule has 10 heteroatoms. The Morgan fingerprint density at radius 3 is 2.72 bits per heavy atom. The number of sulfone groups is 1. The van der Waals surface area contributed by atoms with E-state index in [-0.39, 0.29) is 29.4 Å². The molecule has 0 saturated carbocycles. The summed E-state index contributed by atoms with van der Waals surface area (Å²) in [5.41, 5.74) is 0.627. The zero-order valence-electron chi connectivity index (χ0n) is 15.0. The zero-order chi connectivity index (χ0) is 20.6. The van der Waals surface area contributed by atoms with Crippen molar-refractivity contribution in [2.24, 2.45) is 4.99 Å². The van der Waals surface area contributed by atoms with Gasteiger partial charge in [-0.25, -0.2) is 8.42 Å². The van der Waals surface area contributed by atoms with Gasteiger partial charge >= 0.3 is 0 Å². The molecule has 4 rings (SSSR count). The van der Waals surface area contributed by atoms with Crippen molar-refractivity contribution in [1.29, 1.82) is 0 Å². The van der Waals surface area contributed by atoms with Crippen LogP contribution in [0, 0.1) is 0 Å². The number of nitrogens with zero attached hydrogens (tertiary/aromatic N) is 2. The second kappa shape index (κ2) is 8.29. The van der Waals surface area contributed by atoms with Gasteiger partial charge in [-0.1, -0.05) is 57.5 Å². The van der Waals surface area contributed by atoms with E-state index >= 15 is 0 Å². The maximum atomic E-state index is 12.4. The molecule has 2 aliphatic rings. The molecule has 2 heterocycles. The van der Waals surface area contributed by atoms with Crippen LogP contribution in [-0.4, -0.2) is 48.9 Å². The number of carbonyl (C=O) groups excluding carboxylic acids is 1. The number of para-hydroxylation sites is 1. The molecular weight excluding hydrogens is 500 g/mol. The molecule has 2 aromatic rings. The van der Waals surface area contributed by atoms with Gasteiger partial charge in [-0.3, -0.25) is 4.79 Å². The largest absolute Gasteiger partial charge is 0.484 e. The molecule has 1 amide bonds. The van der Waals surface area contributed by atoms with Gasteiger partial charge in [-0.05, 0) is 30.3 Å². The quantitative estimate of drug-likeness (QED) is 0.617. The van der Waals surface area contributed by atoms with Crippen molar-refractivity contribution in [3.63, 3.8) is 0 Å². The summed E-state index contributed by atoms with van der Waals surface area (Å²) in [6.07, 6.45) is 0. The van der Waals surface area contributed by atoms with E-state index in [1.165, 1.54) is 11.8 Å². The number of benzene rings is 2. The highest BCUT2D eigenvalue weighted by atomic mass is 79.9. The van der Waals surface area contributed by atoms with E-state index in [0.29, 0.717) is 21.6 Å².